The number of esters is 1. The number of carbonyl (C=O) groups excluding carboxylic acids is 1. The minimum Gasteiger partial charge on any atom is -0.491 e. The fourth-order valence-electron chi connectivity index (χ4n) is 5.30. The number of halogens is 2. The first-order valence-corrected chi connectivity index (χ1v) is 12.1. The van der Waals surface area contributed by atoms with Crippen molar-refractivity contribution in [3.63, 3.8) is 0 Å². The lowest BCUT2D eigenvalue weighted by molar-refractivity contribution is -0.145. The van der Waals surface area contributed by atoms with Crippen molar-refractivity contribution in [3.8, 4) is 5.75 Å². The molecule has 2 aliphatic rings. The van der Waals surface area contributed by atoms with Gasteiger partial charge in [-0.25, -0.2) is 13.6 Å². The van der Waals surface area contributed by atoms with Gasteiger partial charge in [0.2, 0.25) is 0 Å². The molecule has 2 fully saturated rings. The van der Waals surface area contributed by atoms with Crippen molar-refractivity contribution in [2.45, 2.75) is 24.4 Å². The molecule has 0 radical (unpaired) electrons. The van der Waals surface area contributed by atoms with Crippen molar-refractivity contribution in [1.29, 1.82) is 0 Å². The summed E-state index contributed by atoms with van der Waals surface area (Å²) in [4.78, 5) is 11.2. The standard InChI is InChI=1S/C28H32F2O6/c1-32-27(31)18-33-13-3-2-4-25-24(17-34-14-15-35-23-11-9-22(30)10-12-23)26-16-28(25,19-36-26)20-5-7-21(29)8-6-20/h2-3,5-12,24-26H,4,13-19H2,1H3/b3-2-/t24-,25-,26-,28-/m0/s1. The zero-order chi connectivity index (χ0) is 25.4. The van der Waals surface area contributed by atoms with Crippen LogP contribution in [0.15, 0.2) is 60.7 Å². The van der Waals surface area contributed by atoms with Crippen molar-refractivity contribution < 1.29 is 37.3 Å². The van der Waals surface area contributed by atoms with E-state index in [0.717, 1.165) is 18.4 Å². The van der Waals surface area contributed by atoms with E-state index < -0.39 is 5.97 Å². The van der Waals surface area contributed by atoms with Crippen molar-refractivity contribution in [1.82, 2.24) is 0 Å². The average Bonchev–Trinajstić information content (AvgIpc) is 3.45. The first-order chi connectivity index (χ1) is 17.5. The van der Waals surface area contributed by atoms with Gasteiger partial charge in [-0.05, 0) is 60.7 Å². The molecule has 4 atom stereocenters. The number of hydrogen-bond acceptors (Lipinski definition) is 6. The summed E-state index contributed by atoms with van der Waals surface area (Å²) in [5, 5.41) is 0. The predicted molar refractivity (Wildman–Crippen MR) is 129 cm³/mol. The summed E-state index contributed by atoms with van der Waals surface area (Å²) < 4.78 is 54.3. The lowest BCUT2D eigenvalue weighted by atomic mass is 9.69. The molecule has 1 saturated heterocycles. The zero-order valence-electron chi connectivity index (χ0n) is 20.4. The van der Waals surface area contributed by atoms with Crippen LogP contribution in [-0.2, 0) is 29.2 Å². The maximum Gasteiger partial charge on any atom is 0.331 e. The first-order valence-electron chi connectivity index (χ1n) is 12.1. The van der Waals surface area contributed by atoms with Crippen LogP contribution in [-0.4, -0.2) is 58.8 Å². The van der Waals surface area contributed by atoms with Crippen molar-refractivity contribution in [3.05, 3.63) is 77.9 Å². The van der Waals surface area contributed by atoms with Crippen LogP contribution < -0.4 is 4.74 Å². The second kappa shape index (κ2) is 12.4. The summed E-state index contributed by atoms with van der Waals surface area (Å²) in [5.74, 6) is 0.0104. The maximum absolute atomic E-state index is 13.6. The van der Waals surface area contributed by atoms with Gasteiger partial charge >= 0.3 is 5.97 Å². The summed E-state index contributed by atoms with van der Waals surface area (Å²) >= 11 is 0. The lowest BCUT2D eigenvalue weighted by Gasteiger charge is -2.39. The zero-order valence-corrected chi connectivity index (χ0v) is 20.4. The Kier molecular flexibility index (Phi) is 9.07. The first kappa shape index (κ1) is 26.3. The number of methoxy groups -OCH3 is 1. The molecular formula is C28H32F2O6. The third-order valence-corrected chi connectivity index (χ3v) is 7.08. The second-order valence-electron chi connectivity index (χ2n) is 9.16. The van der Waals surface area contributed by atoms with Crippen LogP contribution in [0.1, 0.15) is 18.4 Å². The molecule has 0 unspecified atom stereocenters. The Morgan fingerprint density at radius 3 is 2.47 bits per heavy atom. The summed E-state index contributed by atoms with van der Waals surface area (Å²) in [7, 11) is 1.32. The molecule has 1 aliphatic heterocycles. The van der Waals surface area contributed by atoms with Crippen LogP contribution in [0, 0.1) is 23.5 Å². The van der Waals surface area contributed by atoms with E-state index in [2.05, 4.69) is 10.8 Å². The molecule has 36 heavy (non-hydrogen) atoms. The van der Waals surface area contributed by atoms with Crippen molar-refractivity contribution in [2.24, 2.45) is 11.8 Å². The molecule has 1 saturated carbocycles. The van der Waals surface area contributed by atoms with Crippen LogP contribution in [0.2, 0.25) is 0 Å². The molecular weight excluding hydrogens is 470 g/mol. The normalized spacial score (nSPS) is 24.9. The Morgan fingerprint density at radius 1 is 1.03 bits per heavy atom. The molecule has 0 amide bonds. The summed E-state index contributed by atoms with van der Waals surface area (Å²) in [5.41, 5.74) is 0.864. The van der Waals surface area contributed by atoms with E-state index in [4.69, 9.17) is 18.9 Å². The Balaban J connectivity index is 1.36. The minimum absolute atomic E-state index is 0.0574. The summed E-state index contributed by atoms with van der Waals surface area (Å²) in [6.07, 6.45) is 5.66. The highest BCUT2D eigenvalue weighted by atomic mass is 19.1. The molecule has 1 heterocycles. The van der Waals surface area contributed by atoms with Gasteiger partial charge in [0.1, 0.15) is 30.6 Å². The maximum atomic E-state index is 13.6. The van der Waals surface area contributed by atoms with Crippen LogP contribution in [0.5, 0.6) is 5.75 Å². The summed E-state index contributed by atoms with van der Waals surface area (Å²) in [6.45, 7) is 2.08. The van der Waals surface area contributed by atoms with Gasteiger partial charge in [0, 0.05) is 11.3 Å². The third kappa shape index (κ3) is 6.30. The molecule has 2 aromatic carbocycles. The number of hydrogen-bond donors (Lipinski definition) is 0. The molecule has 1 aliphatic carbocycles. The number of rotatable bonds is 13. The van der Waals surface area contributed by atoms with Gasteiger partial charge in [-0.3, -0.25) is 0 Å². The molecule has 8 heteroatoms. The summed E-state index contributed by atoms with van der Waals surface area (Å²) in [6, 6.07) is 12.6. The van der Waals surface area contributed by atoms with E-state index >= 15 is 0 Å². The molecule has 194 valence electrons. The molecule has 2 aromatic rings. The number of ether oxygens (including phenoxy) is 5. The van der Waals surface area contributed by atoms with Crippen LogP contribution in [0.3, 0.4) is 0 Å². The Hall–Kier alpha value is -2.81. The molecule has 6 nitrogen and oxygen atoms in total. The largest absolute Gasteiger partial charge is 0.491 e. The molecule has 0 N–H and O–H groups in total. The lowest BCUT2D eigenvalue weighted by Crippen LogP contribution is -2.41. The van der Waals surface area contributed by atoms with Gasteiger partial charge in [0.15, 0.2) is 0 Å². The van der Waals surface area contributed by atoms with Crippen LogP contribution in [0.25, 0.3) is 0 Å². The molecule has 0 spiro atoms. The van der Waals surface area contributed by atoms with Crippen molar-refractivity contribution >= 4 is 5.97 Å². The Bertz CT molecular complexity index is 1010. The van der Waals surface area contributed by atoms with E-state index in [9.17, 15) is 13.6 Å². The second-order valence-corrected chi connectivity index (χ2v) is 9.16. The minimum atomic E-state index is -0.412. The van der Waals surface area contributed by atoms with E-state index in [0.29, 0.717) is 38.8 Å². The van der Waals surface area contributed by atoms with E-state index in [-0.39, 0.29) is 41.6 Å². The molecule has 2 bridgehead atoms. The Morgan fingerprint density at radius 2 is 1.75 bits per heavy atom. The van der Waals surface area contributed by atoms with Gasteiger partial charge < -0.3 is 23.7 Å². The SMILES string of the molecule is COC(=O)COC/C=C\C[C@H]1[C@H](COCCOc2ccc(F)cc2)[C@@H]2C[C@@]1(c1ccc(F)cc1)CO2. The smallest absolute Gasteiger partial charge is 0.331 e. The van der Waals surface area contributed by atoms with E-state index in [1.165, 1.54) is 31.4 Å². The molecule has 0 aromatic heterocycles. The van der Waals surface area contributed by atoms with Gasteiger partial charge in [0.25, 0.3) is 0 Å². The highest BCUT2D eigenvalue weighted by Crippen LogP contribution is 2.56. The monoisotopic (exact) mass is 502 g/mol. The molecule has 4 rings (SSSR count). The van der Waals surface area contributed by atoms with Gasteiger partial charge in [-0.15, -0.1) is 0 Å². The Labute approximate surface area is 210 Å². The van der Waals surface area contributed by atoms with Gasteiger partial charge in [0.05, 0.1) is 39.6 Å². The van der Waals surface area contributed by atoms with E-state index in [1.807, 2.05) is 18.2 Å². The fraction of sp³-hybridized carbons (Fsp3) is 0.464. The number of carbonyl (C=O) groups is 1. The topological polar surface area (TPSA) is 63.2 Å². The predicted octanol–water partition coefficient (Wildman–Crippen LogP) is 4.47. The van der Waals surface area contributed by atoms with E-state index in [1.54, 1.807) is 12.1 Å². The number of fused-ring (bicyclic) bond motifs is 2. The van der Waals surface area contributed by atoms with Gasteiger partial charge in [-0.2, -0.15) is 0 Å². The number of benzene rings is 2. The number of allylic oxidation sites excluding steroid dienone is 1. The van der Waals surface area contributed by atoms with Crippen LogP contribution in [0.4, 0.5) is 8.78 Å². The third-order valence-electron chi connectivity index (χ3n) is 7.08. The van der Waals surface area contributed by atoms with Gasteiger partial charge in [-0.1, -0.05) is 24.3 Å². The highest BCUT2D eigenvalue weighted by Gasteiger charge is 2.59. The highest BCUT2D eigenvalue weighted by molar-refractivity contribution is 5.70. The quantitative estimate of drug-likeness (QED) is 0.229. The van der Waals surface area contributed by atoms with Crippen molar-refractivity contribution in [2.75, 3.05) is 46.8 Å². The average molecular weight is 503 g/mol. The van der Waals surface area contributed by atoms with Crippen LogP contribution >= 0.6 is 0 Å². The fourth-order valence-corrected chi connectivity index (χ4v) is 5.30.